The molecule has 1 aromatic carbocycles. The van der Waals surface area contributed by atoms with Crippen molar-refractivity contribution in [2.75, 3.05) is 0 Å². The molecule has 15 heavy (non-hydrogen) atoms. The first-order valence-corrected chi connectivity index (χ1v) is 5.32. The second-order valence-corrected chi connectivity index (χ2v) is 4.57. The van der Waals surface area contributed by atoms with Crippen LogP contribution in [-0.2, 0) is 15.1 Å². The van der Waals surface area contributed by atoms with E-state index in [2.05, 4.69) is 13.0 Å². The second-order valence-electron chi connectivity index (χ2n) is 4.57. The molecule has 2 rings (SSSR count). The standard InChI is InChI=1S/C13H16O2/c1-9-6-4-5-7-11(9)13(3)8-10(2)12(14)15-13/h4-7,10H,8H2,1-3H3/t10?,13-/m1/s1. The smallest absolute Gasteiger partial charge is 0.309 e. The van der Waals surface area contributed by atoms with Gasteiger partial charge in [0.2, 0.25) is 0 Å². The van der Waals surface area contributed by atoms with E-state index in [1.54, 1.807) is 0 Å². The van der Waals surface area contributed by atoms with E-state index < -0.39 is 5.60 Å². The molecule has 1 aliphatic rings. The molecule has 0 bridgehead atoms. The molecule has 2 nitrogen and oxygen atoms in total. The summed E-state index contributed by atoms with van der Waals surface area (Å²) >= 11 is 0. The molecule has 1 unspecified atom stereocenters. The summed E-state index contributed by atoms with van der Waals surface area (Å²) in [5, 5.41) is 0. The van der Waals surface area contributed by atoms with Crippen LogP contribution in [0.25, 0.3) is 0 Å². The average Bonchev–Trinajstić information content (AvgIpc) is 2.42. The molecule has 1 heterocycles. The maximum atomic E-state index is 11.5. The van der Waals surface area contributed by atoms with Crippen LogP contribution in [0.4, 0.5) is 0 Å². The van der Waals surface area contributed by atoms with Gasteiger partial charge in [-0.05, 0) is 25.0 Å². The van der Waals surface area contributed by atoms with Gasteiger partial charge in [0, 0.05) is 6.42 Å². The maximum absolute atomic E-state index is 11.5. The molecule has 1 aromatic rings. The van der Waals surface area contributed by atoms with E-state index in [0.717, 1.165) is 12.0 Å². The van der Waals surface area contributed by atoms with Gasteiger partial charge in [-0.25, -0.2) is 0 Å². The lowest BCUT2D eigenvalue weighted by atomic mass is 9.87. The van der Waals surface area contributed by atoms with Gasteiger partial charge in [-0.3, -0.25) is 4.79 Å². The van der Waals surface area contributed by atoms with Crippen molar-refractivity contribution in [3.05, 3.63) is 35.4 Å². The SMILES string of the molecule is Cc1ccccc1[C@@]1(C)CC(C)C(=O)O1. The number of ether oxygens (including phenoxy) is 1. The van der Waals surface area contributed by atoms with Crippen molar-refractivity contribution in [2.45, 2.75) is 32.8 Å². The largest absolute Gasteiger partial charge is 0.454 e. The molecule has 2 atom stereocenters. The Morgan fingerprint density at radius 2 is 2.07 bits per heavy atom. The fourth-order valence-corrected chi connectivity index (χ4v) is 2.36. The predicted octanol–water partition coefficient (Wildman–Crippen LogP) is 2.79. The Labute approximate surface area is 90.3 Å². The Bertz CT molecular complexity index is 397. The van der Waals surface area contributed by atoms with Crippen molar-refractivity contribution in [2.24, 2.45) is 5.92 Å². The summed E-state index contributed by atoms with van der Waals surface area (Å²) in [7, 11) is 0. The number of cyclic esters (lactones) is 1. The van der Waals surface area contributed by atoms with Gasteiger partial charge in [0.15, 0.2) is 0 Å². The van der Waals surface area contributed by atoms with Crippen molar-refractivity contribution in [1.29, 1.82) is 0 Å². The average molecular weight is 204 g/mol. The molecule has 2 heteroatoms. The summed E-state index contributed by atoms with van der Waals surface area (Å²) in [4.78, 5) is 11.5. The van der Waals surface area contributed by atoms with Gasteiger partial charge in [0.1, 0.15) is 5.60 Å². The van der Waals surface area contributed by atoms with E-state index in [0.29, 0.717) is 0 Å². The lowest BCUT2D eigenvalue weighted by Gasteiger charge is -2.24. The minimum atomic E-state index is -0.429. The van der Waals surface area contributed by atoms with Gasteiger partial charge in [0.05, 0.1) is 5.92 Å². The molecular weight excluding hydrogens is 188 g/mol. The minimum Gasteiger partial charge on any atom is -0.454 e. The first-order chi connectivity index (χ1) is 7.03. The van der Waals surface area contributed by atoms with Crippen molar-refractivity contribution in [3.63, 3.8) is 0 Å². The number of benzene rings is 1. The van der Waals surface area contributed by atoms with Crippen LogP contribution in [0.3, 0.4) is 0 Å². The number of esters is 1. The first kappa shape index (κ1) is 10.2. The van der Waals surface area contributed by atoms with Gasteiger partial charge >= 0.3 is 5.97 Å². The fraction of sp³-hybridized carbons (Fsp3) is 0.462. The van der Waals surface area contributed by atoms with E-state index in [4.69, 9.17) is 4.74 Å². The van der Waals surface area contributed by atoms with Crippen LogP contribution in [-0.4, -0.2) is 5.97 Å². The van der Waals surface area contributed by atoms with Crippen molar-refractivity contribution >= 4 is 5.97 Å². The van der Waals surface area contributed by atoms with Crippen LogP contribution in [0.1, 0.15) is 31.4 Å². The Balaban J connectivity index is 2.40. The summed E-state index contributed by atoms with van der Waals surface area (Å²) in [5.41, 5.74) is 1.88. The molecule has 1 saturated heterocycles. The molecule has 0 aliphatic carbocycles. The Hall–Kier alpha value is -1.31. The highest BCUT2D eigenvalue weighted by atomic mass is 16.6. The maximum Gasteiger partial charge on any atom is 0.309 e. The number of carbonyl (C=O) groups excluding carboxylic acids is 1. The third kappa shape index (κ3) is 1.65. The van der Waals surface area contributed by atoms with E-state index >= 15 is 0 Å². The molecule has 1 aliphatic heterocycles. The third-order valence-corrected chi connectivity index (χ3v) is 3.14. The molecule has 0 radical (unpaired) electrons. The first-order valence-electron chi connectivity index (χ1n) is 5.32. The van der Waals surface area contributed by atoms with Gasteiger partial charge < -0.3 is 4.74 Å². The quantitative estimate of drug-likeness (QED) is 0.657. The predicted molar refractivity (Wildman–Crippen MR) is 58.4 cm³/mol. The van der Waals surface area contributed by atoms with Gasteiger partial charge in [0.25, 0.3) is 0 Å². The molecule has 0 saturated carbocycles. The Kier molecular flexibility index (Phi) is 2.29. The number of aryl methyl sites for hydroxylation is 1. The van der Waals surface area contributed by atoms with E-state index in [-0.39, 0.29) is 11.9 Å². The van der Waals surface area contributed by atoms with Crippen LogP contribution in [0.5, 0.6) is 0 Å². The Morgan fingerprint density at radius 1 is 1.40 bits per heavy atom. The van der Waals surface area contributed by atoms with Gasteiger partial charge in [-0.1, -0.05) is 31.2 Å². The lowest BCUT2D eigenvalue weighted by molar-refractivity contribution is -0.149. The van der Waals surface area contributed by atoms with Crippen LogP contribution in [0.2, 0.25) is 0 Å². The molecule has 80 valence electrons. The van der Waals surface area contributed by atoms with Gasteiger partial charge in [-0.15, -0.1) is 0 Å². The zero-order valence-corrected chi connectivity index (χ0v) is 9.41. The normalized spacial score (nSPS) is 30.3. The molecule has 0 aromatic heterocycles. The summed E-state index contributed by atoms with van der Waals surface area (Å²) in [6, 6.07) is 8.09. The fourth-order valence-electron chi connectivity index (χ4n) is 2.36. The highest BCUT2D eigenvalue weighted by molar-refractivity contribution is 5.75. The monoisotopic (exact) mass is 204 g/mol. The van der Waals surface area contributed by atoms with Crippen LogP contribution >= 0.6 is 0 Å². The van der Waals surface area contributed by atoms with E-state index in [1.165, 1.54) is 5.56 Å². The summed E-state index contributed by atoms with van der Waals surface area (Å²) in [6.07, 6.45) is 0.774. The van der Waals surface area contributed by atoms with E-state index in [9.17, 15) is 4.79 Å². The summed E-state index contributed by atoms with van der Waals surface area (Å²) < 4.78 is 5.49. The topological polar surface area (TPSA) is 26.3 Å². The molecule has 0 amide bonds. The van der Waals surface area contributed by atoms with Crippen molar-refractivity contribution < 1.29 is 9.53 Å². The second kappa shape index (κ2) is 3.37. The Morgan fingerprint density at radius 3 is 2.60 bits per heavy atom. The van der Waals surface area contributed by atoms with E-state index in [1.807, 2.05) is 32.0 Å². The zero-order chi connectivity index (χ0) is 11.1. The van der Waals surface area contributed by atoms with Crippen LogP contribution in [0.15, 0.2) is 24.3 Å². The molecule has 1 fully saturated rings. The van der Waals surface area contributed by atoms with Crippen LogP contribution in [0, 0.1) is 12.8 Å². The minimum absolute atomic E-state index is 0.00889. The molecule has 0 spiro atoms. The molecule has 0 N–H and O–H groups in total. The highest BCUT2D eigenvalue weighted by Gasteiger charge is 2.42. The highest BCUT2D eigenvalue weighted by Crippen LogP contribution is 2.40. The number of hydrogen-bond donors (Lipinski definition) is 0. The van der Waals surface area contributed by atoms with Crippen LogP contribution < -0.4 is 0 Å². The number of hydrogen-bond acceptors (Lipinski definition) is 2. The zero-order valence-electron chi connectivity index (χ0n) is 9.41. The molecular formula is C13H16O2. The van der Waals surface area contributed by atoms with Crippen molar-refractivity contribution in [3.8, 4) is 0 Å². The summed E-state index contributed by atoms with van der Waals surface area (Å²) in [5.74, 6) is -0.0737. The number of carbonyl (C=O) groups is 1. The lowest BCUT2D eigenvalue weighted by Crippen LogP contribution is -2.22. The third-order valence-electron chi connectivity index (χ3n) is 3.14. The number of rotatable bonds is 1. The van der Waals surface area contributed by atoms with Gasteiger partial charge in [-0.2, -0.15) is 0 Å². The summed E-state index contributed by atoms with van der Waals surface area (Å²) in [6.45, 7) is 5.97. The van der Waals surface area contributed by atoms with Crippen molar-refractivity contribution in [1.82, 2.24) is 0 Å².